The van der Waals surface area contributed by atoms with Gasteiger partial charge in [-0.3, -0.25) is 9.48 Å². The Balaban J connectivity index is 1.52. The van der Waals surface area contributed by atoms with E-state index in [2.05, 4.69) is 10.4 Å². The molecule has 1 amide bonds. The Labute approximate surface area is 143 Å². The van der Waals surface area contributed by atoms with E-state index in [1.165, 1.54) is 18.9 Å². The van der Waals surface area contributed by atoms with Gasteiger partial charge in [0, 0.05) is 17.3 Å². The van der Waals surface area contributed by atoms with Crippen molar-refractivity contribution in [3.63, 3.8) is 0 Å². The van der Waals surface area contributed by atoms with Gasteiger partial charge >= 0.3 is 5.97 Å². The number of nitrogens with zero attached hydrogens (tertiary/aromatic N) is 2. The Bertz CT molecular complexity index is 950. The number of carbonyl (C=O) groups excluding carboxylic acids is 1. The molecule has 1 saturated carbocycles. The number of aromatic nitrogens is 2. The van der Waals surface area contributed by atoms with E-state index in [4.69, 9.17) is 9.52 Å². The molecule has 0 saturated heterocycles. The summed E-state index contributed by atoms with van der Waals surface area (Å²) in [5.41, 5.74) is 1.39. The van der Waals surface area contributed by atoms with E-state index < -0.39 is 5.97 Å². The van der Waals surface area contributed by atoms with Crippen molar-refractivity contribution in [1.82, 2.24) is 9.78 Å². The Morgan fingerprint density at radius 3 is 2.76 bits per heavy atom. The number of fused-ring (bicyclic) bond motifs is 1. The van der Waals surface area contributed by atoms with Crippen molar-refractivity contribution in [3.05, 3.63) is 48.0 Å². The van der Waals surface area contributed by atoms with Crippen LogP contribution in [0.5, 0.6) is 0 Å². The second-order valence-corrected chi connectivity index (χ2v) is 6.24. The second-order valence-electron chi connectivity index (χ2n) is 6.24. The minimum Gasteiger partial charge on any atom is -0.475 e. The molecule has 4 rings (SSSR count). The molecule has 0 atom stereocenters. The summed E-state index contributed by atoms with van der Waals surface area (Å²) < 4.78 is 7.08. The van der Waals surface area contributed by atoms with Crippen LogP contribution in [0.2, 0.25) is 0 Å². The van der Waals surface area contributed by atoms with Crippen LogP contribution < -0.4 is 5.32 Å². The molecule has 0 bridgehead atoms. The van der Waals surface area contributed by atoms with E-state index in [-0.39, 0.29) is 11.7 Å². The number of hydrogen-bond donors (Lipinski definition) is 2. The predicted octanol–water partition coefficient (Wildman–Crippen LogP) is 3.69. The Kier molecular flexibility index (Phi) is 3.76. The molecule has 2 N–H and O–H groups in total. The van der Waals surface area contributed by atoms with Crippen LogP contribution in [0.1, 0.15) is 52.8 Å². The summed E-state index contributed by atoms with van der Waals surface area (Å²) in [6, 6.07) is 8.52. The van der Waals surface area contributed by atoms with Crippen molar-refractivity contribution in [2.24, 2.45) is 0 Å². The lowest BCUT2D eigenvalue weighted by Gasteiger charge is -2.08. The van der Waals surface area contributed by atoms with E-state index in [9.17, 15) is 9.59 Å². The Morgan fingerprint density at radius 2 is 2.00 bits per heavy atom. The lowest BCUT2D eigenvalue weighted by molar-refractivity contribution is 0.0665. The zero-order chi connectivity index (χ0) is 17.4. The molecule has 7 heteroatoms. The summed E-state index contributed by atoms with van der Waals surface area (Å²) in [7, 11) is 0. The number of aromatic carboxylic acids is 1. The van der Waals surface area contributed by atoms with Crippen molar-refractivity contribution in [1.29, 1.82) is 0 Å². The van der Waals surface area contributed by atoms with Crippen molar-refractivity contribution >= 4 is 28.5 Å². The SMILES string of the molecule is O=C(Nc1ccc2oc(C(=O)O)cc2c1)c1ccn(C2CCCC2)n1. The number of anilines is 1. The predicted molar refractivity (Wildman–Crippen MR) is 90.9 cm³/mol. The topological polar surface area (TPSA) is 97.4 Å². The molecule has 1 fully saturated rings. The van der Waals surface area contributed by atoms with Gasteiger partial charge in [0.2, 0.25) is 5.76 Å². The molecule has 25 heavy (non-hydrogen) atoms. The minimum atomic E-state index is -1.13. The first-order valence-electron chi connectivity index (χ1n) is 8.23. The van der Waals surface area contributed by atoms with Gasteiger partial charge in [0.05, 0.1) is 6.04 Å². The highest BCUT2D eigenvalue weighted by molar-refractivity contribution is 6.04. The number of carbonyl (C=O) groups is 2. The van der Waals surface area contributed by atoms with Crippen molar-refractivity contribution in [3.8, 4) is 0 Å². The van der Waals surface area contributed by atoms with Crippen molar-refractivity contribution in [2.75, 3.05) is 5.32 Å². The van der Waals surface area contributed by atoms with Crippen LogP contribution in [0.4, 0.5) is 5.69 Å². The van der Waals surface area contributed by atoms with Gasteiger partial charge in [0.1, 0.15) is 5.58 Å². The highest BCUT2D eigenvalue weighted by Gasteiger charge is 2.19. The number of amides is 1. The maximum absolute atomic E-state index is 12.4. The van der Waals surface area contributed by atoms with E-state index in [0.29, 0.717) is 28.4 Å². The van der Waals surface area contributed by atoms with Crippen molar-refractivity contribution in [2.45, 2.75) is 31.7 Å². The fourth-order valence-electron chi connectivity index (χ4n) is 3.25. The average molecular weight is 339 g/mol. The summed E-state index contributed by atoms with van der Waals surface area (Å²) in [4.78, 5) is 23.3. The summed E-state index contributed by atoms with van der Waals surface area (Å²) in [6.07, 6.45) is 6.46. The van der Waals surface area contributed by atoms with Gasteiger partial charge in [-0.05, 0) is 43.2 Å². The second kappa shape index (κ2) is 6.08. The maximum Gasteiger partial charge on any atom is 0.371 e. The van der Waals surface area contributed by atoms with Crippen molar-refractivity contribution < 1.29 is 19.1 Å². The fourth-order valence-corrected chi connectivity index (χ4v) is 3.25. The van der Waals surface area contributed by atoms with Gasteiger partial charge in [-0.15, -0.1) is 0 Å². The molecule has 0 spiro atoms. The zero-order valence-corrected chi connectivity index (χ0v) is 13.4. The van der Waals surface area contributed by atoms with Gasteiger partial charge < -0.3 is 14.8 Å². The lowest BCUT2D eigenvalue weighted by atomic mass is 10.2. The fraction of sp³-hybridized carbons (Fsp3) is 0.278. The van der Waals surface area contributed by atoms with Gasteiger partial charge in [0.15, 0.2) is 5.69 Å². The summed E-state index contributed by atoms with van der Waals surface area (Å²) in [5, 5.41) is 16.8. The largest absolute Gasteiger partial charge is 0.475 e. The first kappa shape index (κ1) is 15.4. The third-order valence-electron chi connectivity index (χ3n) is 4.52. The van der Waals surface area contributed by atoms with Crippen LogP contribution in [0, 0.1) is 0 Å². The van der Waals surface area contributed by atoms with Crippen LogP contribution in [-0.4, -0.2) is 26.8 Å². The molecule has 3 aromatic rings. The standard InChI is InChI=1S/C18H17N3O4/c22-17(14-7-8-21(20-14)13-3-1-2-4-13)19-12-5-6-15-11(9-12)10-16(25-15)18(23)24/h5-10,13H,1-4H2,(H,19,22)(H,23,24). The quantitative estimate of drug-likeness (QED) is 0.755. The highest BCUT2D eigenvalue weighted by Crippen LogP contribution is 2.29. The molecular weight excluding hydrogens is 322 g/mol. The van der Waals surface area contributed by atoms with Crippen LogP contribution in [0.25, 0.3) is 11.0 Å². The average Bonchev–Trinajstić information content (AvgIpc) is 3.33. The first-order valence-corrected chi connectivity index (χ1v) is 8.23. The molecule has 1 aliphatic rings. The van der Waals surface area contributed by atoms with Gasteiger partial charge in [-0.25, -0.2) is 4.79 Å². The molecule has 2 heterocycles. The summed E-state index contributed by atoms with van der Waals surface area (Å²) in [5.74, 6) is -1.55. The minimum absolute atomic E-state index is 0.131. The summed E-state index contributed by atoms with van der Waals surface area (Å²) >= 11 is 0. The van der Waals surface area contributed by atoms with Crippen LogP contribution in [-0.2, 0) is 0 Å². The van der Waals surface area contributed by atoms with Gasteiger partial charge in [0.25, 0.3) is 5.91 Å². The normalized spacial score (nSPS) is 14.9. The van der Waals surface area contributed by atoms with Crippen LogP contribution >= 0.6 is 0 Å². The number of benzene rings is 1. The number of rotatable bonds is 4. The Morgan fingerprint density at radius 1 is 1.20 bits per heavy atom. The van der Waals surface area contributed by atoms with Crippen LogP contribution in [0.15, 0.2) is 40.9 Å². The smallest absolute Gasteiger partial charge is 0.371 e. The number of hydrogen-bond acceptors (Lipinski definition) is 4. The molecular formula is C18H17N3O4. The summed E-state index contributed by atoms with van der Waals surface area (Å²) in [6.45, 7) is 0. The Hall–Kier alpha value is -3.09. The van der Waals surface area contributed by atoms with E-state index in [1.807, 2.05) is 10.9 Å². The third kappa shape index (κ3) is 3.00. The molecule has 1 aliphatic carbocycles. The maximum atomic E-state index is 12.4. The highest BCUT2D eigenvalue weighted by atomic mass is 16.4. The first-order chi connectivity index (χ1) is 12.1. The molecule has 7 nitrogen and oxygen atoms in total. The van der Waals surface area contributed by atoms with E-state index >= 15 is 0 Å². The number of carboxylic acids is 1. The third-order valence-corrected chi connectivity index (χ3v) is 4.52. The number of furan rings is 1. The van der Waals surface area contributed by atoms with E-state index in [0.717, 1.165) is 12.8 Å². The zero-order valence-electron chi connectivity index (χ0n) is 13.4. The number of carboxylic acid groups (broad SMARTS) is 1. The van der Waals surface area contributed by atoms with Gasteiger partial charge in [-0.1, -0.05) is 12.8 Å². The molecule has 128 valence electrons. The lowest BCUT2D eigenvalue weighted by Crippen LogP contribution is -2.14. The molecule has 2 aromatic heterocycles. The monoisotopic (exact) mass is 339 g/mol. The molecule has 1 aromatic carbocycles. The molecule has 0 aliphatic heterocycles. The number of nitrogens with one attached hydrogen (secondary N) is 1. The molecule has 0 radical (unpaired) electrons. The van der Waals surface area contributed by atoms with Gasteiger partial charge in [-0.2, -0.15) is 5.10 Å². The van der Waals surface area contributed by atoms with E-state index in [1.54, 1.807) is 24.3 Å². The molecule has 0 unspecified atom stereocenters. The van der Waals surface area contributed by atoms with Crippen LogP contribution in [0.3, 0.4) is 0 Å².